The minimum atomic E-state index is -1.13. The van der Waals surface area contributed by atoms with Gasteiger partial charge < -0.3 is 25.2 Å². The largest absolute Gasteiger partial charge is 0.493 e. The van der Waals surface area contributed by atoms with Gasteiger partial charge in [0.2, 0.25) is 5.91 Å². The molecule has 2 aromatic rings. The molecule has 0 bridgehead atoms. The summed E-state index contributed by atoms with van der Waals surface area (Å²) in [6.07, 6.45) is 1.43. The van der Waals surface area contributed by atoms with E-state index in [0.29, 0.717) is 14.8 Å². The summed E-state index contributed by atoms with van der Waals surface area (Å²) in [5, 5.41) is 13.9. The number of amides is 4. The number of benzene rings is 2. The number of carboxylic acid groups (broad SMARTS) is 1. The normalized spacial score (nSPS) is 14.3. The number of ether oxygens (including phenoxy) is 2. The van der Waals surface area contributed by atoms with Crippen LogP contribution in [0.4, 0.5) is 10.5 Å². The third kappa shape index (κ3) is 6.00. The highest BCUT2D eigenvalue weighted by Gasteiger charge is 2.35. The number of rotatable bonds is 8. The summed E-state index contributed by atoms with van der Waals surface area (Å²) in [4.78, 5) is 48.9. The summed E-state index contributed by atoms with van der Waals surface area (Å²) >= 11 is 1.95. The van der Waals surface area contributed by atoms with Crippen LogP contribution in [0.3, 0.4) is 0 Å². The van der Waals surface area contributed by atoms with Gasteiger partial charge >= 0.3 is 12.0 Å². The second-order valence-electron chi connectivity index (χ2n) is 7.01. The minimum absolute atomic E-state index is 0.0135. The van der Waals surface area contributed by atoms with Gasteiger partial charge in [-0.3, -0.25) is 9.59 Å². The van der Waals surface area contributed by atoms with Gasteiger partial charge in [-0.25, -0.2) is 14.5 Å². The van der Waals surface area contributed by atoms with E-state index < -0.39 is 37.0 Å². The van der Waals surface area contributed by atoms with Crippen molar-refractivity contribution in [3.05, 3.63) is 56.8 Å². The van der Waals surface area contributed by atoms with Gasteiger partial charge in [0.1, 0.15) is 12.2 Å². The van der Waals surface area contributed by atoms with E-state index in [4.69, 9.17) is 14.6 Å². The zero-order chi connectivity index (χ0) is 24.1. The summed E-state index contributed by atoms with van der Waals surface area (Å²) in [7, 11) is 1.40. The SMILES string of the molecule is COc1cc(/C=C2/NC(=O)N(CC(=O)Nc3cccc(C)c3)C2=O)cc(I)c1OCC(=O)O. The lowest BCUT2D eigenvalue weighted by Gasteiger charge is -2.13. The first-order chi connectivity index (χ1) is 15.7. The molecule has 1 aliphatic rings. The Hall–Kier alpha value is -3.61. The molecule has 0 radical (unpaired) electrons. The Morgan fingerprint density at radius 2 is 2.00 bits per heavy atom. The molecule has 33 heavy (non-hydrogen) atoms. The number of halogens is 1. The number of urea groups is 1. The van der Waals surface area contributed by atoms with Crippen molar-refractivity contribution < 1.29 is 33.8 Å². The molecule has 2 aromatic carbocycles. The lowest BCUT2D eigenvalue weighted by molar-refractivity contribution is -0.139. The van der Waals surface area contributed by atoms with E-state index in [2.05, 4.69) is 10.6 Å². The van der Waals surface area contributed by atoms with Crippen molar-refractivity contribution in [1.29, 1.82) is 0 Å². The van der Waals surface area contributed by atoms with Crippen LogP contribution in [-0.2, 0) is 14.4 Å². The number of imide groups is 1. The van der Waals surface area contributed by atoms with Gasteiger partial charge in [0.25, 0.3) is 5.91 Å². The molecule has 0 atom stereocenters. The van der Waals surface area contributed by atoms with E-state index in [1.165, 1.54) is 13.2 Å². The smallest absolute Gasteiger partial charge is 0.341 e. The number of hydrogen-bond donors (Lipinski definition) is 3. The number of anilines is 1. The molecule has 3 N–H and O–H groups in total. The fourth-order valence-corrected chi connectivity index (χ4v) is 3.83. The first-order valence-electron chi connectivity index (χ1n) is 9.61. The van der Waals surface area contributed by atoms with Gasteiger partial charge in [0, 0.05) is 5.69 Å². The molecule has 1 fully saturated rings. The quantitative estimate of drug-likeness (QED) is 0.255. The Balaban J connectivity index is 1.75. The van der Waals surface area contributed by atoms with Crippen molar-refractivity contribution >= 4 is 58.2 Å². The van der Waals surface area contributed by atoms with Crippen molar-refractivity contribution in [1.82, 2.24) is 10.2 Å². The zero-order valence-electron chi connectivity index (χ0n) is 17.7. The summed E-state index contributed by atoms with van der Waals surface area (Å²) < 4.78 is 11.1. The molecule has 0 aliphatic carbocycles. The number of carbonyl (C=O) groups excluding carboxylic acids is 3. The van der Waals surface area contributed by atoms with Gasteiger partial charge in [0.15, 0.2) is 18.1 Å². The fraction of sp³-hybridized carbons (Fsp3) is 0.182. The molecule has 0 unspecified atom stereocenters. The van der Waals surface area contributed by atoms with Crippen LogP contribution >= 0.6 is 22.6 Å². The number of nitrogens with zero attached hydrogens (tertiary/aromatic N) is 1. The Labute approximate surface area is 202 Å². The summed E-state index contributed by atoms with van der Waals surface area (Å²) in [5.41, 5.74) is 2.01. The lowest BCUT2D eigenvalue weighted by Crippen LogP contribution is -2.38. The number of aliphatic carboxylic acids is 1. The number of carbonyl (C=O) groups is 4. The molecule has 1 aliphatic heterocycles. The topological polar surface area (TPSA) is 134 Å². The molecule has 1 saturated heterocycles. The minimum Gasteiger partial charge on any atom is -0.493 e. The van der Waals surface area contributed by atoms with Crippen LogP contribution in [0.2, 0.25) is 0 Å². The second-order valence-corrected chi connectivity index (χ2v) is 8.18. The maximum absolute atomic E-state index is 12.7. The number of carboxylic acids is 1. The molecule has 0 aromatic heterocycles. The van der Waals surface area contributed by atoms with Crippen LogP contribution in [0.15, 0.2) is 42.1 Å². The third-order valence-corrected chi connectivity index (χ3v) is 5.27. The predicted molar refractivity (Wildman–Crippen MR) is 127 cm³/mol. The van der Waals surface area contributed by atoms with Crippen molar-refractivity contribution in [2.45, 2.75) is 6.92 Å². The van der Waals surface area contributed by atoms with Crippen molar-refractivity contribution in [3.63, 3.8) is 0 Å². The van der Waals surface area contributed by atoms with Crippen LogP contribution in [0.1, 0.15) is 11.1 Å². The first-order valence-corrected chi connectivity index (χ1v) is 10.7. The van der Waals surface area contributed by atoms with E-state index >= 15 is 0 Å². The number of aryl methyl sites for hydroxylation is 1. The number of methoxy groups -OCH3 is 1. The Kier molecular flexibility index (Phi) is 7.53. The second kappa shape index (κ2) is 10.3. The molecule has 11 heteroatoms. The highest BCUT2D eigenvalue weighted by atomic mass is 127. The van der Waals surface area contributed by atoms with Gasteiger partial charge in [-0.15, -0.1) is 0 Å². The van der Waals surface area contributed by atoms with Crippen molar-refractivity contribution in [3.8, 4) is 11.5 Å². The average Bonchev–Trinajstić information content (AvgIpc) is 2.99. The maximum atomic E-state index is 12.7. The molecule has 0 spiro atoms. The van der Waals surface area contributed by atoms with Crippen LogP contribution in [0.25, 0.3) is 6.08 Å². The first kappa shape index (κ1) is 24.0. The van der Waals surface area contributed by atoms with E-state index in [0.717, 1.165) is 10.5 Å². The standard InChI is InChI=1S/C22H20IN3O7/c1-12-4-3-5-14(6-12)24-18(27)10-26-21(30)16(25-22(26)31)8-13-7-15(23)20(17(9-13)32-2)33-11-19(28)29/h3-9H,10-11H2,1-2H3,(H,24,27)(H,25,31)(H,28,29)/b16-8+. The number of hydrogen-bond acceptors (Lipinski definition) is 6. The maximum Gasteiger partial charge on any atom is 0.341 e. The Morgan fingerprint density at radius 1 is 1.24 bits per heavy atom. The van der Waals surface area contributed by atoms with Crippen LogP contribution < -0.4 is 20.1 Å². The average molecular weight is 565 g/mol. The highest BCUT2D eigenvalue weighted by molar-refractivity contribution is 14.1. The van der Waals surface area contributed by atoms with Gasteiger partial charge in [-0.1, -0.05) is 12.1 Å². The highest BCUT2D eigenvalue weighted by Crippen LogP contribution is 2.34. The molecule has 1 heterocycles. The zero-order valence-corrected chi connectivity index (χ0v) is 19.8. The van der Waals surface area contributed by atoms with E-state index in [1.54, 1.807) is 30.3 Å². The fourth-order valence-electron chi connectivity index (χ4n) is 3.05. The van der Waals surface area contributed by atoms with Crippen LogP contribution in [0, 0.1) is 10.5 Å². The third-order valence-electron chi connectivity index (χ3n) is 4.47. The summed E-state index contributed by atoms with van der Waals surface area (Å²) in [6, 6.07) is 9.61. The molecule has 4 amide bonds. The van der Waals surface area contributed by atoms with Crippen LogP contribution in [-0.4, -0.2) is 54.1 Å². The predicted octanol–water partition coefficient (Wildman–Crippen LogP) is 2.60. The van der Waals surface area contributed by atoms with Gasteiger partial charge in [-0.2, -0.15) is 0 Å². The Morgan fingerprint density at radius 3 is 2.67 bits per heavy atom. The molecule has 3 rings (SSSR count). The van der Waals surface area contributed by atoms with E-state index in [-0.39, 0.29) is 17.2 Å². The van der Waals surface area contributed by atoms with E-state index in [1.807, 2.05) is 35.6 Å². The van der Waals surface area contributed by atoms with Crippen LogP contribution in [0.5, 0.6) is 11.5 Å². The Bertz CT molecular complexity index is 1160. The van der Waals surface area contributed by atoms with Gasteiger partial charge in [0.05, 0.1) is 10.7 Å². The molecule has 0 saturated carbocycles. The molecule has 172 valence electrons. The van der Waals surface area contributed by atoms with Gasteiger partial charge in [-0.05, 0) is 71.0 Å². The van der Waals surface area contributed by atoms with Crippen molar-refractivity contribution in [2.24, 2.45) is 0 Å². The summed E-state index contributed by atoms with van der Waals surface area (Å²) in [5.74, 6) is -1.79. The number of nitrogens with one attached hydrogen (secondary N) is 2. The molecular formula is C22H20IN3O7. The van der Waals surface area contributed by atoms with E-state index in [9.17, 15) is 19.2 Å². The molecule has 10 nitrogen and oxygen atoms in total. The van der Waals surface area contributed by atoms with Crippen molar-refractivity contribution in [2.75, 3.05) is 25.6 Å². The lowest BCUT2D eigenvalue weighted by atomic mass is 10.1. The monoisotopic (exact) mass is 565 g/mol. The molecular weight excluding hydrogens is 545 g/mol. The summed E-state index contributed by atoms with van der Waals surface area (Å²) in [6.45, 7) is 0.894.